The van der Waals surface area contributed by atoms with Gasteiger partial charge in [-0.1, -0.05) is 32.9 Å². The van der Waals surface area contributed by atoms with E-state index >= 15 is 0 Å². The van der Waals surface area contributed by atoms with E-state index < -0.39 is 0 Å². The lowest BCUT2D eigenvalue weighted by Crippen LogP contribution is -2.02. The van der Waals surface area contributed by atoms with Crippen LogP contribution in [0.1, 0.15) is 37.5 Å². The molecule has 0 aliphatic carbocycles. The summed E-state index contributed by atoms with van der Waals surface area (Å²) in [6, 6.07) is 7.86. The van der Waals surface area contributed by atoms with E-state index in [4.69, 9.17) is 21.3 Å². The van der Waals surface area contributed by atoms with Gasteiger partial charge in [-0.25, -0.2) is 4.98 Å². The summed E-state index contributed by atoms with van der Waals surface area (Å²) in [5.74, 6) is 1.97. The quantitative estimate of drug-likeness (QED) is 0.819. The van der Waals surface area contributed by atoms with Crippen LogP contribution in [0.15, 0.2) is 24.3 Å². The minimum atomic E-state index is -0.0790. The number of aromatic nitrogens is 2. The molecule has 0 bridgehead atoms. The van der Waals surface area contributed by atoms with E-state index in [1.807, 2.05) is 24.3 Å². The number of aryl methyl sites for hydroxylation is 1. The molecule has 1 aromatic heterocycles. The second-order valence-electron chi connectivity index (χ2n) is 5.15. The molecule has 0 spiro atoms. The standard InChI is InChI=1S/C16H21ClN2O/c1-5-12-15(14(17)10(2)3)19-16(18-12)11-8-6-7-9-13(11)20-4/h6-10,14H,5H2,1-4H3,(H,18,19). The first-order valence-corrected chi connectivity index (χ1v) is 7.38. The fourth-order valence-electron chi connectivity index (χ4n) is 2.20. The first kappa shape index (κ1) is 14.9. The van der Waals surface area contributed by atoms with Crippen LogP contribution < -0.4 is 4.74 Å². The smallest absolute Gasteiger partial charge is 0.141 e. The molecule has 3 nitrogen and oxygen atoms in total. The molecule has 1 N–H and O–H groups in total. The minimum absolute atomic E-state index is 0.0790. The zero-order chi connectivity index (χ0) is 14.7. The van der Waals surface area contributed by atoms with E-state index in [0.717, 1.165) is 34.9 Å². The van der Waals surface area contributed by atoms with Gasteiger partial charge in [0.05, 0.1) is 23.7 Å². The van der Waals surface area contributed by atoms with E-state index in [9.17, 15) is 0 Å². The predicted octanol–water partition coefficient (Wildman–Crippen LogP) is 4.58. The number of nitrogens with one attached hydrogen (secondary N) is 1. The third kappa shape index (κ3) is 2.83. The topological polar surface area (TPSA) is 37.9 Å². The third-order valence-corrected chi connectivity index (χ3v) is 4.08. The molecule has 0 aliphatic rings. The second kappa shape index (κ2) is 6.31. The van der Waals surface area contributed by atoms with Gasteiger partial charge in [-0.15, -0.1) is 11.6 Å². The molecule has 1 unspecified atom stereocenters. The number of methoxy groups -OCH3 is 1. The Labute approximate surface area is 125 Å². The third-order valence-electron chi connectivity index (χ3n) is 3.37. The predicted molar refractivity (Wildman–Crippen MR) is 83.4 cm³/mol. The average molecular weight is 293 g/mol. The van der Waals surface area contributed by atoms with Crippen molar-refractivity contribution in [2.45, 2.75) is 32.6 Å². The van der Waals surface area contributed by atoms with Crippen molar-refractivity contribution in [3.63, 3.8) is 0 Å². The molecule has 1 heterocycles. The number of hydrogen-bond donors (Lipinski definition) is 1. The fraction of sp³-hybridized carbons (Fsp3) is 0.438. The van der Waals surface area contributed by atoms with E-state index in [0.29, 0.717) is 5.92 Å². The Morgan fingerprint density at radius 3 is 2.60 bits per heavy atom. The van der Waals surface area contributed by atoms with Crippen molar-refractivity contribution in [1.29, 1.82) is 0 Å². The largest absolute Gasteiger partial charge is 0.496 e. The van der Waals surface area contributed by atoms with Gasteiger partial charge in [0.1, 0.15) is 11.6 Å². The summed E-state index contributed by atoms with van der Waals surface area (Å²) in [7, 11) is 1.67. The molecular formula is C16H21ClN2O. The number of imidazole rings is 1. The molecule has 4 heteroatoms. The van der Waals surface area contributed by atoms with Crippen molar-refractivity contribution in [1.82, 2.24) is 9.97 Å². The highest BCUT2D eigenvalue weighted by Crippen LogP contribution is 2.34. The summed E-state index contributed by atoms with van der Waals surface area (Å²) < 4.78 is 5.40. The molecular weight excluding hydrogens is 272 g/mol. The van der Waals surface area contributed by atoms with E-state index in [1.165, 1.54) is 0 Å². The van der Waals surface area contributed by atoms with E-state index in [-0.39, 0.29) is 5.38 Å². The SMILES string of the molecule is CCc1[nH]c(-c2ccccc2OC)nc1C(Cl)C(C)C. The van der Waals surface area contributed by atoms with Gasteiger partial charge in [0, 0.05) is 5.69 Å². The fourth-order valence-corrected chi connectivity index (χ4v) is 2.38. The van der Waals surface area contributed by atoms with Crippen LogP contribution in [0.2, 0.25) is 0 Å². The Bertz CT molecular complexity index is 578. The number of aromatic amines is 1. The molecule has 1 aromatic carbocycles. The van der Waals surface area contributed by atoms with Crippen LogP contribution in [-0.4, -0.2) is 17.1 Å². The molecule has 0 saturated carbocycles. The van der Waals surface area contributed by atoms with Crippen molar-refractivity contribution >= 4 is 11.6 Å². The van der Waals surface area contributed by atoms with Crippen molar-refractivity contribution in [2.75, 3.05) is 7.11 Å². The van der Waals surface area contributed by atoms with Crippen LogP contribution in [-0.2, 0) is 6.42 Å². The van der Waals surface area contributed by atoms with Gasteiger partial charge in [0.15, 0.2) is 0 Å². The van der Waals surface area contributed by atoms with Gasteiger partial charge in [-0.2, -0.15) is 0 Å². The van der Waals surface area contributed by atoms with E-state index in [1.54, 1.807) is 7.11 Å². The second-order valence-corrected chi connectivity index (χ2v) is 5.62. The zero-order valence-electron chi connectivity index (χ0n) is 12.4. The van der Waals surface area contributed by atoms with Gasteiger partial charge in [0.2, 0.25) is 0 Å². The highest BCUT2D eigenvalue weighted by Gasteiger charge is 2.21. The normalized spacial score (nSPS) is 12.7. The molecule has 2 rings (SSSR count). The number of hydrogen-bond acceptors (Lipinski definition) is 2. The summed E-state index contributed by atoms with van der Waals surface area (Å²) in [5, 5.41) is -0.0790. The Balaban J connectivity index is 2.48. The van der Waals surface area contributed by atoms with Crippen LogP contribution >= 0.6 is 11.6 Å². The number of benzene rings is 1. The Kier molecular flexibility index (Phi) is 4.71. The number of H-pyrrole nitrogens is 1. The van der Waals surface area contributed by atoms with Crippen molar-refractivity contribution in [3.05, 3.63) is 35.7 Å². The first-order chi connectivity index (χ1) is 9.58. The van der Waals surface area contributed by atoms with E-state index in [2.05, 4.69) is 25.8 Å². The maximum absolute atomic E-state index is 6.49. The first-order valence-electron chi connectivity index (χ1n) is 6.94. The van der Waals surface area contributed by atoms with Crippen LogP contribution in [0.4, 0.5) is 0 Å². The van der Waals surface area contributed by atoms with Crippen LogP contribution in [0, 0.1) is 5.92 Å². The number of alkyl halides is 1. The summed E-state index contributed by atoms with van der Waals surface area (Å²) in [6.07, 6.45) is 0.882. The molecule has 1 atom stereocenters. The van der Waals surface area contributed by atoms with Gasteiger partial charge in [-0.3, -0.25) is 0 Å². The maximum Gasteiger partial charge on any atom is 0.141 e. The number of para-hydroxylation sites is 1. The number of rotatable bonds is 5. The molecule has 0 aliphatic heterocycles. The average Bonchev–Trinajstić information content (AvgIpc) is 2.90. The Morgan fingerprint density at radius 1 is 1.30 bits per heavy atom. The van der Waals surface area contributed by atoms with Crippen molar-refractivity contribution in [3.8, 4) is 17.1 Å². The van der Waals surface area contributed by atoms with Gasteiger partial charge >= 0.3 is 0 Å². The molecule has 108 valence electrons. The maximum atomic E-state index is 6.49. The molecule has 0 amide bonds. The Hall–Kier alpha value is -1.48. The number of halogens is 1. The van der Waals surface area contributed by atoms with Crippen LogP contribution in [0.3, 0.4) is 0 Å². The lowest BCUT2D eigenvalue weighted by molar-refractivity contribution is 0.416. The molecule has 2 aromatic rings. The molecule has 0 radical (unpaired) electrons. The number of ether oxygens (including phenoxy) is 1. The lowest BCUT2D eigenvalue weighted by atomic mass is 10.1. The molecule has 0 fully saturated rings. The van der Waals surface area contributed by atoms with Gasteiger partial charge in [-0.05, 0) is 24.5 Å². The Morgan fingerprint density at radius 2 is 2.00 bits per heavy atom. The van der Waals surface area contributed by atoms with Gasteiger partial charge in [0.25, 0.3) is 0 Å². The summed E-state index contributed by atoms with van der Waals surface area (Å²) in [6.45, 7) is 6.32. The summed E-state index contributed by atoms with van der Waals surface area (Å²) in [4.78, 5) is 8.10. The van der Waals surface area contributed by atoms with Gasteiger partial charge < -0.3 is 9.72 Å². The highest BCUT2D eigenvalue weighted by atomic mass is 35.5. The molecule has 20 heavy (non-hydrogen) atoms. The lowest BCUT2D eigenvalue weighted by Gasteiger charge is -2.11. The summed E-state index contributed by atoms with van der Waals surface area (Å²) >= 11 is 6.49. The molecule has 0 saturated heterocycles. The van der Waals surface area contributed by atoms with Crippen LogP contribution in [0.25, 0.3) is 11.4 Å². The van der Waals surface area contributed by atoms with Crippen molar-refractivity contribution in [2.24, 2.45) is 5.92 Å². The monoisotopic (exact) mass is 292 g/mol. The van der Waals surface area contributed by atoms with Crippen molar-refractivity contribution < 1.29 is 4.74 Å². The number of nitrogens with zero attached hydrogens (tertiary/aromatic N) is 1. The highest BCUT2D eigenvalue weighted by molar-refractivity contribution is 6.20. The van der Waals surface area contributed by atoms with Crippen LogP contribution in [0.5, 0.6) is 5.75 Å². The zero-order valence-corrected chi connectivity index (χ0v) is 13.2. The summed E-state index contributed by atoms with van der Waals surface area (Å²) in [5.41, 5.74) is 3.01. The minimum Gasteiger partial charge on any atom is -0.496 e.